The summed E-state index contributed by atoms with van der Waals surface area (Å²) in [5.74, 6) is -0.934. The summed E-state index contributed by atoms with van der Waals surface area (Å²) in [6.07, 6.45) is 1.24. The van der Waals surface area contributed by atoms with Crippen molar-refractivity contribution in [1.82, 2.24) is 4.72 Å². The summed E-state index contributed by atoms with van der Waals surface area (Å²) >= 11 is 3.00. The summed E-state index contributed by atoms with van der Waals surface area (Å²) < 4.78 is 39.2. The number of rotatable bonds is 7. The van der Waals surface area contributed by atoms with Gasteiger partial charge in [0.15, 0.2) is 0 Å². The quantitative estimate of drug-likeness (QED) is 0.729. The first kappa shape index (κ1) is 16.1. The molecule has 0 saturated carbocycles. The highest BCUT2D eigenvalue weighted by atomic mass is 79.9. The van der Waals surface area contributed by atoms with Gasteiger partial charge in [0.2, 0.25) is 15.9 Å². The van der Waals surface area contributed by atoms with Crippen molar-refractivity contribution >= 4 is 31.9 Å². The molecule has 1 aromatic carbocycles. The summed E-state index contributed by atoms with van der Waals surface area (Å²) in [6, 6.07) is 3.35. The van der Waals surface area contributed by atoms with E-state index in [1.165, 1.54) is 6.07 Å². The second kappa shape index (κ2) is 6.97. The molecule has 0 fully saturated rings. The van der Waals surface area contributed by atoms with Gasteiger partial charge in [-0.25, -0.2) is 17.5 Å². The highest BCUT2D eigenvalue weighted by molar-refractivity contribution is 9.10. The fraction of sp³-hybridized carbons (Fsp3) is 0.364. The van der Waals surface area contributed by atoms with Gasteiger partial charge in [-0.05, 0) is 47.0 Å². The monoisotopic (exact) mass is 352 g/mol. The molecule has 0 aliphatic heterocycles. The summed E-state index contributed by atoms with van der Waals surface area (Å²) in [7, 11) is -3.69. The number of unbranched alkanes of at least 4 members (excludes halogenated alkanes) is 1. The number of hydrogen-bond acceptors (Lipinski definition) is 3. The van der Waals surface area contributed by atoms with E-state index in [0.717, 1.165) is 12.1 Å². The number of carbonyl (C=O) groups is 1. The smallest absolute Gasteiger partial charge is 0.241 e. The van der Waals surface area contributed by atoms with E-state index in [4.69, 9.17) is 5.73 Å². The minimum atomic E-state index is -3.69. The van der Waals surface area contributed by atoms with Crippen LogP contribution in [0.4, 0.5) is 4.39 Å². The van der Waals surface area contributed by atoms with E-state index >= 15 is 0 Å². The van der Waals surface area contributed by atoms with Crippen LogP contribution in [-0.4, -0.2) is 20.9 Å². The lowest BCUT2D eigenvalue weighted by Crippen LogP contribution is -2.25. The highest BCUT2D eigenvalue weighted by Gasteiger charge is 2.17. The first-order chi connectivity index (χ1) is 8.83. The Labute approximate surface area is 119 Å². The van der Waals surface area contributed by atoms with Crippen molar-refractivity contribution < 1.29 is 17.6 Å². The summed E-state index contributed by atoms with van der Waals surface area (Å²) in [5, 5.41) is 0. The lowest BCUT2D eigenvalue weighted by atomic mass is 10.2. The van der Waals surface area contributed by atoms with E-state index in [1.54, 1.807) is 0 Å². The zero-order valence-corrected chi connectivity index (χ0v) is 12.4. The van der Waals surface area contributed by atoms with E-state index in [-0.39, 0.29) is 22.3 Å². The van der Waals surface area contributed by atoms with E-state index in [0.29, 0.717) is 12.8 Å². The van der Waals surface area contributed by atoms with E-state index < -0.39 is 21.7 Å². The average Bonchev–Trinajstić information content (AvgIpc) is 2.27. The molecule has 1 rings (SSSR count). The molecule has 8 heteroatoms. The van der Waals surface area contributed by atoms with E-state index in [1.807, 2.05) is 0 Å². The lowest BCUT2D eigenvalue weighted by Gasteiger charge is -2.08. The van der Waals surface area contributed by atoms with Crippen LogP contribution in [0.25, 0.3) is 0 Å². The SMILES string of the molecule is NC(=O)CCCCNS(=O)(=O)c1ccc(F)cc1Br. The molecule has 5 nitrogen and oxygen atoms in total. The Morgan fingerprint density at radius 2 is 2.05 bits per heavy atom. The van der Waals surface area contributed by atoms with Gasteiger partial charge in [0.25, 0.3) is 0 Å². The number of hydrogen-bond donors (Lipinski definition) is 2. The topological polar surface area (TPSA) is 89.3 Å². The summed E-state index contributed by atoms with van der Waals surface area (Å²) in [5.41, 5.74) is 4.97. The Bertz CT molecular complexity index is 563. The fourth-order valence-corrected chi connectivity index (χ4v) is 3.52. The zero-order valence-electron chi connectivity index (χ0n) is 10.0. The normalized spacial score (nSPS) is 11.5. The number of amides is 1. The van der Waals surface area contributed by atoms with Crippen molar-refractivity contribution in [2.75, 3.05) is 6.54 Å². The molecule has 0 spiro atoms. The van der Waals surface area contributed by atoms with Gasteiger partial charge in [0, 0.05) is 17.4 Å². The number of nitrogens with one attached hydrogen (secondary N) is 1. The van der Waals surface area contributed by atoms with Crippen LogP contribution in [0, 0.1) is 5.82 Å². The van der Waals surface area contributed by atoms with Crippen LogP contribution in [0.3, 0.4) is 0 Å². The molecule has 0 saturated heterocycles. The van der Waals surface area contributed by atoms with Gasteiger partial charge in [-0.3, -0.25) is 4.79 Å². The van der Waals surface area contributed by atoms with Crippen LogP contribution in [0.15, 0.2) is 27.6 Å². The average molecular weight is 353 g/mol. The van der Waals surface area contributed by atoms with Crippen LogP contribution in [-0.2, 0) is 14.8 Å². The Kier molecular flexibility index (Phi) is 5.89. The maximum atomic E-state index is 12.9. The van der Waals surface area contributed by atoms with Crippen molar-refractivity contribution in [1.29, 1.82) is 0 Å². The van der Waals surface area contributed by atoms with Gasteiger partial charge in [0.1, 0.15) is 5.82 Å². The fourth-order valence-electron chi connectivity index (χ4n) is 1.40. The molecule has 106 valence electrons. The number of halogens is 2. The molecule has 0 aromatic heterocycles. The third-order valence-electron chi connectivity index (χ3n) is 2.33. The number of nitrogens with two attached hydrogens (primary N) is 1. The van der Waals surface area contributed by atoms with Crippen LogP contribution in [0.1, 0.15) is 19.3 Å². The second-order valence-electron chi connectivity index (χ2n) is 3.90. The predicted octanol–water partition coefficient (Wildman–Crippen LogP) is 1.52. The molecule has 1 aromatic rings. The molecule has 0 atom stereocenters. The zero-order chi connectivity index (χ0) is 14.5. The number of primary amides is 1. The molecule has 3 N–H and O–H groups in total. The Morgan fingerprint density at radius 1 is 1.37 bits per heavy atom. The number of carbonyl (C=O) groups excluding carboxylic acids is 1. The lowest BCUT2D eigenvalue weighted by molar-refractivity contribution is -0.118. The maximum absolute atomic E-state index is 12.9. The van der Waals surface area contributed by atoms with Crippen LogP contribution >= 0.6 is 15.9 Å². The third kappa shape index (κ3) is 5.25. The number of sulfonamides is 1. The van der Waals surface area contributed by atoms with Gasteiger partial charge in [-0.1, -0.05) is 0 Å². The van der Waals surface area contributed by atoms with E-state index in [2.05, 4.69) is 20.7 Å². The van der Waals surface area contributed by atoms with Gasteiger partial charge >= 0.3 is 0 Å². The standard InChI is InChI=1S/C11H14BrFN2O3S/c12-9-7-8(13)4-5-10(9)19(17,18)15-6-2-1-3-11(14)16/h4-5,7,15H,1-3,6H2,(H2,14,16). The van der Waals surface area contributed by atoms with E-state index in [9.17, 15) is 17.6 Å². The van der Waals surface area contributed by atoms with Gasteiger partial charge in [0.05, 0.1) is 4.90 Å². The first-order valence-corrected chi connectivity index (χ1v) is 7.83. The molecule has 0 bridgehead atoms. The molecule has 19 heavy (non-hydrogen) atoms. The minimum Gasteiger partial charge on any atom is -0.370 e. The summed E-state index contributed by atoms with van der Waals surface area (Å²) in [6.45, 7) is 0.194. The third-order valence-corrected chi connectivity index (χ3v) is 4.76. The highest BCUT2D eigenvalue weighted by Crippen LogP contribution is 2.22. The van der Waals surface area contributed by atoms with Crippen LogP contribution < -0.4 is 10.5 Å². The Hall–Kier alpha value is -0.990. The van der Waals surface area contributed by atoms with Crippen molar-refractivity contribution in [3.8, 4) is 0 Å². The molecule has 0 heterocycles. The predicted molar refractivity (Wildman–Crippen MR) is 72.3 cm³/mol. The number of benzene rings is 1. The van der Waals surface area contributed by atoms with Gasteiger partial charge in [-0.15, -0.1) is 0 Å². The first-order valence-electron chi connectivity index (χ1n) is 5.56. The Balaban J connectivity index is 2.59. The van der Waals surface area contributed by atoms with Gasteiger partial charge in [-0.2, -0.15) is 0 Å². The van der Waals surface area contributed by atoms with Crippen molar-refractivity contribution in [3.05, 3.63) is 28.5 Å². The molecule has 0 radical (unpaired) electrons. The maximum Gasteiger partial charge on any atom is 0.241 e. The Morgan fingerprint density at radius 3 is 2.63 bits per heavy atom. The molecule has 0 aliphatic rings. The van der Waals surface area contributed by atoms with Crippen molar-refractivity contribution in [3.63, 3.8) is 0 Å². The molecule has 1 amide bonds. The molecule has 0 unspecified atom stereocenters. The van der Waals surface area contributed by atoms with Crippen molar-refractivity contribution in [2.45, 2.75) is 24.2 Å². The van der Waals surface area contributed by atoms with Gasteiger partial charge < -0.3 is 5.73 Å². The molecule has 0 aliphatic carbocycles. The molecular weight excluding hydrogens is 339 g/mol. The summed E-state index contributed by atoms with van der Waals surface area (Å²) in [4.78, 5) is 10.5. The molecular formula is C11H14BrFN2O3S. The van der Waals surface area contributed by atoms with Crippen LogP contribution in [0.5, 0.6) is 0 Å². The second-order valence-corrected chi connectivity index (χ2v) is 6.49. The van der Waals surface area contributed by atoms with Crippen molar-refractivity contribution in [2.24, 2.45) is 5.73 Å². The van der Waals surface area contributed by atoms with Crippen LogP contribution in [0.2, 0.25) is 0 Å². The minimum absolute atomic E-state index is 0.0243. The largest absolute Gasteiger partial charge is 0.370 e.